The smallest absolute Gasteiger partial charge is 0.275 e. The molecule has 1 amide bonds. The molecule has 4 rings (SSSR count). The number of amides is 1. The molecule has 2 aromatic carbocycles. The second kappa shape index (κ2) is 7.76. The van der Waals surface area contributed by atoms with E-state index in [0.717, 1.165) is 12.1 Å². The maximum Gasteiger partial charge on any atom is 0.275 e. The quantitative estimate of drug-likeness (QED) is 0.642. The molecule has 0 spiro atoms. The lowest BCUT2D eigenvalue weighted by molar-refractivity contribution is 0.0948. The van der Waals surface area contributed by atoms with Crippen LogP contribution in [-0.2, 0) is 6.61 Å². The van der Waals surface area contributed by atoms with Crippen LogP contribution >= 0.6 is 23.4 Å². The fourth-order valence-electron chi connectivity index (χ4n) is 2.74. The van der Waals surface area contributed by atoms with Gasteiger partial charge in [-0.3, -0.25) is 4.79 Å². The first-order valence-electron chi connectivity index (χ1n) is 8.25. The van der Waals surface area contributed by atoms with Gasteiger partial charge in [0.15, 0.2) is 5.82 Å². The Balaban J connectivity index is 1.61. The SMILES string of the molecule is O=C(c1ccc(F)cc1F)N1CCSc2nnc(COc3cccc(Cl)c3)n21. The fraction of sp³-hybridized carbons (Fsp3) is 0.167. The Morgan fingerprint density at radius 1 is 1.21 bits per heavy atom. The van der Waals surface area contributed by atoms with Gasteiger partial charge in [-0.2, -0.15) is 0 Å². The third-order valence-electron chi connectivity index (χ3n) is 4.01. The summed E-state index contributed by atoms with van der Waals surface area (Å²) in [4.78, 5) is 12.9. The van der Waals surface area contributed by atoms with Gasteiger partial charge in [0.2, 0.25) is 5.16 Å². The molecule has 0 atom stereocenters. The monoisotopic (exact) mass is 422 g/mol. The molecule has 0 unspecified atom stereocenters. The van der Waals surface area contributed by atoms with Crippen LogP contribution in [0.15, 0.2) is 47.6 Å². The van der Waals surface area contributed by atoms with E-state index in [1.165, 1.54) is 21.4 Å². The highest BCUT2D eigenvalue weighted by molar-refractivity contribution is 7.99. The van der Waals surface area contributed by atoms with E-state index in [4.69, 9.17) is 16.3 Å². The fourth-order valence-corrected chi connectivity index (χ4v) is 3.79. The summed E-state index contributed by atoms with van der Waals surface area (Å²) in [6.07, 6.45) is 0. The lowest BCUT2D eigenvalue weighted by Crippen LogP contribution is -2.46. The minimum atomic E-state index is -0.922. The van der Waals surface area contributed by atoms with E-state index in [2.05, 4.69) is 10.2 Å². The van der Waals surface area contributed by atoms with E-state index in [1.807, 2.05) is 0 Å². The third-order valence-corrected chi connectivity index (χ3v) is 5.15. The molecular formula is C18H13ClF2N4O2S. The second-order valence-electron chi connectivity index (χ2n) is 5.86. The van der Waals surface area contributed by atoms with E-state index in [-0.39, 0.29) is 12.2 Å². The third kappa shape index (κ3) is 3.67. The average molecular weight is 423 g/mol. The zero-order chi connectivity index (χ0) is 19.7. The summed E-state index contributed by atoms with van der Waals surface area (Å²) in [6.45, 7) is 0.346. The molecule has 0 bridgehead atoms. The van der Waals surface area contributed by atoms with Crippen LogP contribution in [0.5, 0.6) is 5.75 Å². The summed E-state index contributed by atoms with van der Waals surface area (Å²) in [7, 11) is 0. The van der Waals surface area contributed by atoms with Crippen molar-refractivity contribution in [2.45, 2.75) is 11.8 Å². The molecule has 1 aliphatic rings. The van der Waals surface area contributed by atoms with Crippen LogP contribution in [0.3, 0.4) is 0 Å². The van der Waals surface area contributed by atoms with Crippen LogP contribution in [0, 0.1) is 11.6 Å². The number of thioether (sulfide) groups is 1. The first-order chi connectivity index (χ1) is 13.5. The van der Waals surface area contributed by atoms with Gasteiger partial charge >= 0.3 is 0 Å². The van der Waals surface area contributed by atoms with Crippen molar-refractivity contribution in [3.05, 3.63) is 70.5 Å². The second-order valence-corrected chi connectivity index (χ2v) is 7.36. The number of ether oxygens (including phenoxy) is 1. The molecule has 1 aliphatic heterocycles. The zero-order valence-electron chi connectivity index (χ0n) is 14.3. The van der Waals surface area contributed by atoms with Gasteiger partial charge < -0.3 is 4.74 Å². The van der Waals surface area contributed by atoms with Crippen LogP contribution in [-0.4, -0.2) is 33.1 Å². The van der Waals surface area contributed by atoms with E-state index in [1.54, 1.807) is 24.3 Å². The molecular weight excluding hydrogens is 410 g/mol. The molecule has 144 valence electrons. The van der Waals surface area contributed by atoms with Crippen LogP contribution in [0.25, 0.3) is 0 Å². The van der Waals surface area contributed by atoms with Gasteiger partial charge in [0, 0.05) is 16.8 Å². The molecule has 0 fully saturated rings. The summed E-state index contributed by atoms with van der Waals surface area (Å²) in [5.41, 5.74) is -0.227. The zero-order valence-corrected chi connectivity index (χ0v) is 15.9. The van der Waals surface area contributed by atoms with Gasteiger partial charge in [0.05, 0.1) is 12.1 Å². The summed E-state index contributed by atoms with van der Waals surface area (Å²) in [5.74, 6) is -0.794. The van der Waals surface area contributed by atoms with E-state index < -0.39 is 17.5 Å². The van der Waals surface area contributed by atoms with E-state index >= 15 is 0 Å². The number of fused-ring (bicyclic) bond motifs is 1. The largest absolute Gasteiger partial charge is 0.485 e. The number of hydrogen-bond acceptors (Lipinski definition) is 5. The van der Waals surface area contributed by atoms with Crippen molar-refractivity contribution in [2.75, 3.05) is 17.3 Å². The number of carbonyl (C=O) groups excluding carboxylic acids is 1. The molecule has 0 saturated carbocycles. The summed E-state index contributed by atoms with van der Waals surface area (Å²) in [5, 5.41) is 10.5. The topological polar surface area (TPSA) is 60.3 Å². The van der Waals surface area contributed by atoms with Crippen molar-refractivity contribution in [1.29, 1.82) is 0 Å². The lowest BCUT2D eigenvalue weighted by Gasteiger charge is -2.29. The predicted molar refractivity (Wildman–Crippen MR) is 100 cm³/mol. The number of nitrogens with zero attached hydrogens (tertiary/aromatic N) is 4. The Morgan fingerprint density at radius 3 is 2.86 bits per heavy atom. The van der Waals surface area contributed by atoms with Crippen LogP contribution in [0.1, 0.15) is 16.2 Å². The van der Waals surface area contributed by atoms with E-state index in [0.29, 0.717) is 40.1 Å². The molecule has 2 heterocycles. The Hall–Kier alpha value is -2.65. The minimum absolute atomic E-state index is 0.0313. The summed E-state index contributed by atoms with van der Waals surface area (Å²) in [6, 6.07) is 9.72. The molecule has 0 saturated heterocycles. The standard InChI is InChI=1S/C18H13ClF2N4O2S/c19-11-2-1-3-13(8-11)27-10-16-22-23-18-25(16)24(6-7-28-18)17(26)14-5-4-12(20)9-15(14)21/h1-5,8-9H,6-7,10H2. The maximum atomic E-state index is 14.1. The number of aromatic nitrogens is 3. The number of halogens is 3. The van der Waals surface area contributed by atoms with Gasteiger partial charge in [0.1, 0.15) is 24.0 Å². The van der Waals surface area contributed by atoms with Crippen LogP contribution < -0.4 is 9.75 Å². The Morgan fingerprint density at radius 2 is 2.07 bits per heavy atom. The van der Waals surface area contributed by atoms with Crippen molar-refractivity contribution in [3.8, 4) is 5.75 Å². The Kier molecular flexibility index (Phi) is 5.19. The van der Waals surface area contributed by atoms with Gasteiger partial charge in [-0.25, -0.2) is 18.5 Å². The molecule has 6 nitrogen and oxygen atoms in total. The number of benzene rings is 2. The van der Waals surface area contributed by atoms with Crippen molar-refractivity contribution < 1.29 is 18.3 Å². The predicted octanol–water partition coefficient (Wildman–Crippen LogP) is 3.67. The highest BCUT2D eigenvalue weighted by Gasteiger charge is 2.29. The number of hydrogen-bond donors (Lipinski definition) is 0. The van der Waals surface area contributed by atoms with Crippen molar-refractivity contribution in [2.24, 2.45) is 0 Å². The van der Waals surface area contributed by atoms with Gasteiger partial charge in [-0.15, -0.1) is 10.2 Å². The van der Waals surface area contributed by atoms with Gasteiger partial charge in [-0.1, -0.05) is 29.4 Å². The highest BCUT2D eigenvalue weighted by Crippen LogP contribution is 2.25. The van der Waals surface area contributed by atoms with Crippen molar-refractivity contribution in [1.82, 2.24) is 14.9 Å². The van der Waals surface area contributed by atoms with Crippen LogP contribution in [0.2, 0.25) is 5.02 Å². The van der Waals surface area contributed by atoms with Crippen molar-refractivity contribution >= 4 is 29.3 Å². The number of rotatable bonds is 4. The minimum Gasteiger partial charge on any atom is -0.485 e. The Bertz CT molecular complexity index is 1050. The maximum absolute atomic E-state index is 14.1. The lowest BCUT2D eigenvalue weighted by atomic mass is 10.2. The van der Waals surface area contributed by atoms with Crippen molar-refractivity contribution in [3.63, 3.8) is 0 Å². The molecule has 0 radical (unpaired) electrons. The van der Waals surface area contributed by atoms with Gasteiger partial charge in [-0.05, 0) is 30.3 Å². The molecule has 3 aromatic rings. The first kappa shape index (κ1) is 18.7. The Labute approximate surface area is 168 Å². The molecule has 0 aliphatic carbocycles. The average Bonchev–Trinajstić information content (AvgIpc) is 3.09. The summed E-state index contributed by atoms with van der Waals surface area (Å²) >= 11 is 7.37. The highest BCUT2D eigenvalue weighted by atomic mass is 35.5. The number of carbonyl (C=O) groups is 1. The summed E-state index contributed by atoms with van der Waals surface area (Å²) < 4.78 is 34.5. The van der Waals surface area contributed by atoms with Gasteiger partial charge in [0.25, 0.3) is 5.91 Å². The normalized spacial score (nSPS) is 13.3. The molecule has 28 heavy (non-hydrogen) atoms. The first-order valence-corrected chi connectivity index (χ1v) is 9.62. The van der Waals surface area contributed by atoms with Crippen LogP contribution in [0.4, 0.5) is 8.78 Å². The molecule has 0 N–H and O–H groups in total. The molecule has 10 heteroatoms. The molecule has 1 aromatic heterocycles. The van der Waals surface area contributed by atoms with E-state index in [9.17, 15) is 13.6 Å².